The van der Waals surface area contributed by atoms with Gasteiger partial charge in [-0.3, -0.25) is 4.79 Å². The molecule has 4 heteroatoms. The molecular formula is C6H5Br2NO. The average molecular weight is 267 g/mol. The second-order valence-electron chi connectivity index (χ2n) is 1.81. The average Bonchev–Trinajstić information content (AvgIpc) is 1.94. The second kappa shape index (κ2) is 3.34. The maximum absolute atomic E-state index is 10.9. The van der Waals surface area contributed by atoms with Gasteiger partial charge in [-0.1, -0.05) is 15.9 Å². The second-order valence-corrected chi connectivity index (χ2v) is 3.28. The first-order valence-electron chi connectivity index (χ1n) is 2.67. The molecule has 1 N–H and O–H groups in total. The van der Waals surface area contributed by atoms with Gasteiger partial charge in [0.25, 0.3) is 5.56 Å². The molecule has 10 heavy (non-hydrogen) atoms. The molecule has 0 spiro atoms. The smallest absolute Gasteiger partial charge is 0.252 e. The molecule has 1 heterocycles. The van der Waals surface area contributed by atoms with Crippen LogP contribution in [-0.4, -0.2) is 4.98 Å². The predicted molar refractivity (Wildman–Crippen MR) is 47.4 cm³/mol. The van der Waals surface area contributed by atoms with Crippen LogP contribution in [-0.2, 0) is 5.33 Å². The van der Waals surface area contributed by atoms with E-state index in [0.29, 0.717) is 5.33 Å². The lowest BCUT2D eigenvalue weighted by Gasteiger charge is -1.92. The van der Waals surface area contributed by atoms with Gasteiger partial charge in [-0.05, 0) is 22.0 Å². The van der Waals surface area contributed by atoms with Crippen molar-refractivity contribution in [3.63, 3.8) is 0 Å². The van der Waals surface area contributed by atoms with Crippen LogP contribution in [0, 0.1) is 0 Å². The van der Waals surface area contributed by atoms with Gasteiger partial charge >= 0.3 is 0 Å². The van der Waals surface area contributed by atoms with Crippen LogP contribution < -0.4 is 5.56 Å². The molecule has 0 atom stereocenters. The predicted octanol–water partition coefficient (Wildman–Crippen LogP) is 2.03. The van der Waals surface area contributed by atoms with Crippen molar-refractivity contribution in [2.45, 2.75) is 5.33 Å². The summed E-state index contributed by atoms with van der Waals surface area (Å²) in [6.07, 6.45) is 1.62. The van der Waals surface area contributed by atoms with Crippen molar-refractivity contribution in [3.05, 3.63) is 32.7 Å². The Balaban J connectivity index is 3.22. The zero-order valence-corrected chi connectivity index (χ0v) is 8.20. The van der Waals surface area contributed by atoms with Gasteiger partial charge in [0, 0.05) is 21.6 Å². The highest BCUT2D eigenvalue weighted by Crippen LogP contribution is 2.08. The molecule has 1 rings (SSSR count). The summed E-state index contributed by atoms with van der Waals surface area (Å²) < 4.78 is 0.890. The molecule has 0 unspecified atom stereocenters. The number of rotatable bonds is 1. The van der Waals surface area contributed by atoms with Crippen molar-refractivity contribution >= 4 is 31.9 Å². The maximum Gasteiger partial charge on any atom is 0.252 e. The van der Waals surface area contributed by atoms with E-state index in [-0.39, 0.29) is 5.56 Å². The van der Waals surface area contributed by atoms with Crippen molar-refractivity contribution < 1.29 is 0 Å². The Bertz CT molecular complexity index is 281. The summed E-state index contributed by atoms with van der Waals surface area (Å²) in [5.41, 5.74) is 0.689. The summed E-state index contributed by atoms with van der Waals surface area (Å²) in [6, 6.07) is 1.79. The maximum atomic E-state index is 10.9. The summed E-state index contributed by atoms with van der Waals surface area (Å²) in [6.45, 7) is 0. The van der Waals surface area contributed by atoms with Crippen molar-refractivity contribution in [1.29, 1.82) is 0 Å². The minimum Gasteiger partial charge on any atom is -0.328 e. The number of aromatic nitrogens is 1. The van der Waals surface area contributed by atoms with E-state index < -0.39 is 0 Å². The molecule has 1 aromatic heterocycles. The van der Waals surface area contributed by atoms with Crippen LogP contribution in [0.3, 0.4) is 0 Å². The molecule has 0 aromatic carbocycles. The summed E-state index contributed by atoms with van der Waals surface area (Å²) in [4.78, 5) is 13.5. The Morgan fingerprint density at radius 1 is 1.60 bits per heavy atom. The van der Waals surface area contributed by atoms with Crippen LogP contribution in [0.15, 0.2) is 21.5 Å². The highest BCUT2D eigenvalue weighted by molar-refractivity contribution is 9.10. The number of hydrogen-bond donors (Lipinski definition) is 1. The van der Waals surface area contributed by atoms with E-state index in [9.17, 15) is 4.79 Å². The molecule has 0 aliphatic rings. The lowest BCUT2D eigenvalue weighted by atomic mass is 10.3. The fourth-order valence-corrected chi connectivity index (χ4v) is 1.41. The molecule has 0 bridgehead atoms. The number of aromatic amines is 1. The lowest BCUT2D eigenvalue weighted by molar-refractivity contribution is 1.16. The molecule has 0 amide bonds. The van der Waals surface area contributed by atoms with E-state index in [0.717, 1.165) is 10.0 Å². The van der Waals surface area contributed by atoms with E-state index >= 15 is 0 Å². The monoisotopic (exact) mass is 265 g/mol. The molecule has 0 saturated carbocycles. The van der Waals surface area contributed by atoms with Gasteiger partial charge in [-0.2, -0.15) is 0 Å². The largest absolute Gasteiger partial charge is 0.328 e. The number of nitrogens with one attached hydrogen (secondary N) is 1. The van der Waals surface area contributed by atoms with Crippen LogP contribution >= 0.6 is 31.9 Å². The molecule has 0 saturated heterocycles. The van der Waals surface area contributed by atoms with E-state index in [1.165, 1.54) is 0 Å². The highest BCUT2D eigenvalue weighted by atomic mass is 79.9. The van der Waals surface area contributed by atoms with Gasteiger partial charge < -0.3 is 4.98 Å². The highest BCUT2D eigenvalue weighted by Gasteiger charge is 1.96. The van der Waals surface area contributed by atoms with Crippen molar-refractivity contribution in [2.75, 3.05) is 0 Å². The SMILES string of the molecule is O=c1[nH]cc(Br)cc1CBr. The zero-order chi connectivity index (χ0) is 7.56. The van der Waals surface area contributed by atoms with Gasteiger partial charge in [-0.15, -0.1) is 0 Å². The first kappa shape index (κ1) is 8.01. The van der Waals surface area contributed by atoms with Gasteiger partial charge in [0.2, 0.25) is 0 Å². The Labute approximate surface area is 74.9 Å². The number of hydrogen-bond acceptors (Lipinski definition) is 1. The zero-order valence-electron chi connectivity index (χ0n) is 5.03. The fourth-order valence-electron chi connectivity index (χ4n) is 0.600. The van der Waals surface area contributed by atoms with Crippen LogP contribution in [0.2, 0.25) is 0 Å². The molecule has 0 fully saturated rings. The Hall–Kier alpha value is -0.0900. The minimum atomic E-state index is -0.0416. The molecule has 0 aliphatic heterocycles. The number of H-pyrrole nitrogens is 1. The third-order valence-corrected chi connectivity index (χ3v) is 2.15. The first-order valence-corrected chi connectivity index (χ1v) is 4.58. The van der Waals surface area contributed by atoms with Crippen molar-refractivity contribution in [2.24, 2.45) is 0 Å². The topological polar surface area (TPSA) is 32.9 Å². The normalized spacial score (nSPS) is 9.80. The Morgan fingerprint density at radius 3 is 2.80 bits per heavy atom. The first-order chi connectivity index (χ1) is 4.74. The summed E-state index contributed by atoms with van der Waals surface area (Å²) in [5, 5.41) is 0.585. The van der Waals surface area contributed by atoms with E-state index in [2.05, 4.69) is 36.8 Å². The van der Waals surface area contributed by atoms with Gasteiger partial charge in [0.15, 0.2) is 0 Å². The summed E-state index contributed by atoms with van der Waals surface area (Å²) in [5.74, 6) is 0. The summed E-state index contributed by atoms with van der Waals surface area (Å²) in [7, 11) is 0. The number of pyridine rings is 1. The number of halogens is 2. The number of alkyl halides is 1. The van der Waals surface area contributed by atoms with Gasteiger partial charge in [0.05, 0.1) is 0 Å². The van der Waals surface area contributed by atoms with E-state index in [1.807, 2.05) is 0 Å². The van der Waals surface area contributed by atoms with Gasteiger partial charge in [0.1, 0.15) is 0 Å². The summed E-state index contributed by atoms with van der Waals surface area (Å²) >= 11 is 6.45. The van der Waals surface area contributed by atoms with Crippen LogP contribution in [0.25, 0.3) is 0 Å². The fraction of sp³-hybridized carbons (Fsp3) is 0.167. The third kappa shape index (κ3) is 1.70. The molecule has 0 radical (unpaired) electrons. The lowest BCUT2D eigenvalue weighted by Crippen LogP contribution is -2.09. The molecule has 54 valence electrons. The minimum absolute atomic E-state index is 0.0416. The van der Waals surface area contributed by atoms with Crippen LogP contribution in [0.4, 0.5) is 0 Å². The van der Waals surface area contributed by atoms with Crippen molar-refractivity contribution in [3.8, 4) is 0 Å². The molecule has 2 nitrogen and oxygen atoms in total. The standard InChI is InChI=1S/C6H5Br2NO/c7-2-4-1-5(8)3-9-6(4)10/h1,3H,2H2,(H,9,10). The Kier molecular flexibility index (Phi) is 2.68. The van der Waals surface area contributed by atoms with Crippen LogP contribution in [0.5, 0.6) is 0 Å². The molecular weight excluding hydrogens is 262 g/mol. The third-order valence-electron chi connectivity index (χ3n) is 1.09. The van der Waals surface area contributed by atoms with Crippen LogP contribution in [0.1, 0.15) is 5.56 Å². The Morgan fingerprint density at radius 2 is 2.30 bits per heavy atom. The van der Waals surface area contributed by atoms with E-state index in [4.69, 9.17) is 0 Å². The molecule has 1 aromatic rings. The van der Waals surface area contributed by atoms with Gasteiger partial charge in [-0.25, -0.2) is 0 Å². The quantitative estimate of drug-likeness (QED) is 0.776. The molecule has 0 aliphatic carbocycles. The van der Waals surface area contributed by atoms with E-state index in [1.54, 1.807) is 12.3 Å². The van der Waals surface area contributed by atoms with Crippen molar-refractivity contribution in [1.82, 2.24) is 4.98 Å².